The Hall–Kier alpha value is -1.69. The normalized spacial score (nSPS) is 13.6. The van der Waals surface area contributed by atoms with Crippen LogP contribution < -0.4 is 10.5 Å². The van der Waals surface area contributed by atoms with E-state index in [1.165, 1.54) is 12.1 Å². The predicted octanol–water partition coefficient (Wildman–Crippen LogP) is 2.58. The highest BCUT2D eigenvalue weighted by atomic mass is 19.1. The number of rotatable bonds is 7. The average Bonchev–Trinajstić information content (AvgIpc) is 2.37. The molecule has 21 heavy (non-hydrogen) atoms. The lowest BCUT2D eigenvalue weighted by atomic mass is 10.1. The molecule has 0 fully saturated rings. The molecule has 0 aromatic heterocycles. The summed E-state index contributed by atoms with van der Waals surface area (Å²) in [5, 5.41) is 0. The Balaban J connectivity index is 2.94. The van der Waals surface area contributed by atoms with Crippen LogP contribution in [0.15, 0.2) is 12.1 Å². The van der Waals surface area contributed by atoms with Gasteiger partial charge in [-0.3, -0.25) is 0 Å². The van der Waals surface area contributed by atoms with Gasteiger partial charge >= 0.3 is 5.97 Å². The minimum atomic E-state index is -1.03. The monoisotopic (exact) mass is 301 g/mol. The summed E-state index contributed by atoms with van der Waals surface area (Å²) in [5.74, 6) is -2.91. The smallest absolute Gasteiger partial charge is 0.347 e. The summed E-state index contributed by atoms with van der Waals surface area (Å²) in [6.07, 6.45) is -0.434. The Morgan fingerprint density at radius 3 is 2.29 bits per heavy atom. The molecule has 0 aliphatic heterocycles. The first-order valence-electron chi connectivity index (χ1n) is 6.95. The fourth-order valence-electron chi connectivity index (χ4n) is 1.89. The third kappa shape index (κ3) is 4.97. The van der Waals surface area contributed by atoms with Crippen LogP contribution in [-0.4, -0.2) is 24.7 Å². The van der Waals surface area contributed by atoms with E-state index in [0.717, 1.165) is 0 Å². The lowest BCUT2D eigenvalue weighted by Crippen LogP contribution is -2.29. The van der Waals surface area contributed by atoms with Gasteiger partial charge < -0.3 is 15.2 Å². The van der Waals surface area contributed by atoms with Crippen LogP contribution in [0.25, 0.3) is 0 Å². The first kappa shape index (κ1) is 17.4. The number of nitrogens with two attached hydrogens (primary N) is 1. The number of esters is 1. The van der Waals surface area contributed by atoms with E-state index in [4.69, 9.17) is 15.2 Å². The van der Waals surface area contributed by atoms with E-state index in [1.54, 1.807) is 20.8 Å². The van der Waals surface area contributed by atoms with Gasteiger partial charge in [0, 0.05) is 6.04 Å². The maximum absolute atomic E-state index is 13.9. The Labute approximate surface area is 123 Å². The van der Waals surface area contributed by atoms with Crippen molar-refractivity contribution in [2.24, 2.45) is 5.73 Å². The van der Waals surface area contributed by atoms with E-state index in [2.05, 4.69) is 0 Å². The molecule has 0 amide bonds. The number of ether oxygens (including phenoxy) is 2. The van der Waals surface area contributed by atoms with Gasteiger partial charge in [0.05, 0.1) is 6.61 Å². The van der Waals surface area contributed by atoms with Crippen molar-refractivity contribution in [2.75, 3.05) is 6.61 Å². The second-order valence-electron chi connectivity index (χ2n) is 4.84. The molecule has 0 aliphatic rings. The van der Waals surface area contributed by atoms with Crippen molar-refractivity contribution in [2.45, 2.75) is 45.8 Å². The molecule has 0 bridgehead atoms. The quantitative estimate of drug-likeness (QED) is 0.786. The van der Waals surface area contributed by atoms with Gasteiger partial charge in [-0.25, -0.2) is 13.6 Å². The second kappa shape index (κ2) is 7.93. The molecular formula is C15H21F2NO3. The molecule has 0 aliphatic carbocycles. The largest absolute Gasteiger partial charge is 0.473 e. The molecule has 0 saturated heterocycles. The van der Waals surface area contributed by atoms with Gasteiger partial charge in [-0.15, -0.1) is 0 Å². The fourth-order valence-corrected chi connectivity index (χ4v) is 1.89. The molecular weight excluding hydrogens is 280 g/mol. The Kier molecular flexibility index (Phi) is 6.55. The first-order valence-corrected chi connectivity index (χ1v) is 6.95. The van der Waals surface area contributed by atoms with Gasteiger partial charge in [0.15, 0.2) is 23.5 Å². The van der Waals surface area contributed by atoms with Crippen LogP contribution in [0.3, 0.4) is 0 Å². The van der Waals surface area contributed by atoms with Gasteiger partial charge in [-0.1, -0.05) is 6.92 Å². The topological polar surface area (TPSA) is 61.5 Å². The van der Waals surface area contributed by atoms with Gasteiger partial charge in [0.2, 0.25) is 0 Å². The molecule has 0 saturated carbocycles. The highest BCUT2D eigenvalue weighted by Gasteiger charge is 2.23. The summed E-state index contributed by atoms with van der Waals surface area (Å²) >= 11 is 0. The van der Waals surface area contributed by atoms with Crippen molar-refractivity contribution < 1.29 is 23.0 Å². The van der Waals surface area contributed by atoms with Crippen LogP contribution >= 0.6 is 0 Å². The maximum Gasteiger partial charge on any atom is 0.347 e. The standard InChI is InChI=1S/C15H21F2NO3/c1-4-13(15(19)20-5-2)21-14-11(16)7-10(6-9(3)18)8-12(14)17/h7-9,13H,4-6,18H2,1-3H3. The molecule has 0 radical (unpaired) electrons. The molecule has 2 N–H and O–H groups in total. The number of halogens is 2. The van der Waals surface area contributed by atoms with Crippen molar-refractivity contribution in [3.63, 3.8) is 0 Å². The lowest BCUT2D eigenvalue weighted by molar-refractivity contribution is -0.151. The second-order valence-corrected chi connectivity index (χ2v) is 4.84. The molecule has 4 nitrogen and oxygen atoms in total. The lowest BCUT2D eigenvalue weighted by Gasteiger charge is -2.17. The van der Waals surface area contributed by atoms with E-state index >= 15 is 0 Å². The number of hydrogen-bond donors (Lipinski definition) is 1. The Morgan fingerprint density at radius 1 is 1.29 bits per heavy atom. The molecule has 0 heterocycles. The van der Waals surface area contributed by atoms with Crippen LogP contribution in [0.1, 0.15) is 32.8 Å². The van der Waals surface area contributed by atoms with Crippen molar-refractivity contribution in [1.82, 2.24) is 0 Å². The van der Waals surface area contributed by atoms with Crippen molar-refractivity contribution in [1.29, 1.82) is 0 Å². The highest BCUT2D eigenvalue weighted by molar-refractivity contribution is 5.75. The first-order chi connectivity index (χ1) is 9.88. The van der Waals surface area contributed by atoms with Crippen molar-refractivity contribution in [3.8, 4) is 5.75 Å². The summed E-state index contributed by atoms with van der Waals surface area (Å²) in [6, 6.07) is 2.12. The molecule has 2 unspecified atom stereocenters. The van der Waals surface area contributed by atoms with Gasteiger partial charge in [-0.2, -0.15) is 0 Å². The number of carbonyl (C=O) groups is 1. The van der Waals surface area contributed by atoms with E-state index in [-0.39, 0.29) is 19.1 Å². The molecule has 0 spiro atoms. The predicted molar refractivity (Wildman–Crippen MR) is 75.1 cm³/mol. The van der Waals surface area contributed by atoms with Gasteiger partial charge in [-0.05, 0) is 44.4 Å². The zero-order chi connectivity index (χ0) is 16.0. The number of hydrogen-bond acceptors (Lipinski definition) is 4. The fraction of sp³-hybridized carbons (Fsp3) is 0.533. The van der Waals surface area contributed by atoms with Crippen LogP contribution in [0.2, 0.25) is 0 Å². The molecule has 2 atom stereocenters. The van der Waals surface area contributed by atoms with Crippen LogP contribution in [-0.2, 0) is 16.0 Å². The highest BCUT2D eigenvalue weighted by Crippen LogP contribution is 2.25. The van der Waals surface area contributed by atoms with Crippen molar-refractivity contribution in [3.05, 3.63) is 29.3 Å². The molecule has 1 rings (SSSR count). The van der Waals surface area contributed by atoms with E-state index < -0.39 is 29.5 Å². The summed E-state index contributed by atoms with van der Waals surface area (Å²) in [6.45, 7) is 5.24. The third-order valence-electron chi connectivity index (χ3n) is 2.80. The summed E-state index contributed by atoms with van der Waals surface area (Å²) < 4.78 is 37.8. The Morgan fingerprint density at radius 2 is 1.86 bits per heavy atom. The zero-order valence-corrected chi connectivity index (χ0v) is 12.5. The van der Waals surface area contributed by atoms with E-state index in [9.17, 15) is 13.6 Å². The molecule has 1 aromatic rings. The molecule has 118 valence electrons. The molecule has 1 aromatic carbocycles. The van der Waals surface area contributed by atoms with Gasteiger partial charge in [0.1, 0.15) is 0 Å². The number of carbonyl (C=O) groups excluding carboxylic acids is 1. The SMILES string of the molecule is CCOC(=O)C(CC)Oc1c(F)cc(CC(C)N)cc1F. The summed E-state index contributed by atoms with van der Waals surface area (Å²) in [4.78, 5) is 11.6. The minimum Gasteiger partial charge on any atom is -0.473 e. The Bertz CT molecular complexity index is 469. The minimum absolute atomic E-state index is 0.178. The molecule has 6 heteroatoms. The van der Waals surface area contributed by atoms with E-state index in [0.29, 0.717) is 12.0 Å². The zero-order valence-electron chi connectivity index (χ0n) is 12.5. The van der Waals surface area contributed by atoms with E-state index in [1.807, 2.05) is 0 Å². The van der Waals surface area contributed by atoms with Crippen LogP contribution in [0.5, 0.6) is 5.75 Å². The summed E-state index contributed by atoms with van der Waals surface area (Å²) in [5.41, 5.74) is 6.04. The maximum atomic E-state index is 13.9. The van der Waals surface area contributed by atoms with Crippen LogP contribution in [0, 0.1) is 11.6 Å². The number of benzene rings is 1. The van der Waals surface area contributed by atoms with Crippen molar-refractivity contribution >= 4 is 5.97 Å². The van der Waals surface area contributed by atoms with Gasteiger partial charge in [0.25, 0.3) is 0 Å². The summed E-state index contributed by atoms with van der Waals surface area (Å²) in [7, 11) is 0. The average molecular weight is 301 g/mol. The third-order valence-corrected chi connectivity index (χ3v) is 2.80. The van der Waals surface area contributed by atoms with Crippen LogP contribution in [0.4, 0.5) is 8.78 Å².